The van der Waals surface area contributed by atoms with Gasteiger partial charge in [-0.2, -0.15) is 0 Å². The van der Waals surface area contributed by atoms with Gasteiger partial charge in [0.15, 0.2) is 0 Å². The van der Waals surface area contributed by atoms with Crippen molar-refractivity contribution in [2.75, 3.05) is 0 Å². The van der Waals surface area contributed by atoms with Crippen molar-refractivity contribution in [3.05, 3.63) is 48.9 Å². The lowest BCUT2D eigenvalue weighted by Crippen LogP contribution is -1.81. The van der Waals surface area contributed by atoms with Gasteiger partial charge in [0.05, 0.1) is 11.7 Å². The van der Waals surface area contributed by atoms with Crippen LogP contribution in [0.2, 0.25) is 0 Å². The van der Waals surface area contributed by atoms with Crippen LogP contribution < -0.4 is 0 Å². The first kappa shape index (κ1) is 7.44. The molecular weight excluding hydrogens is 172 g/mol. The van der Waals surface area contributed by atoms with E-state index in [4.69, 9.17) is 0 Å². The van der Waals surface area contributed by atoms with Crippen LogP contribution in [-0.4, -0.2) is 9.97 Å². The molecule has 0 aliphatic heterocycles. The van der Waals surface area contributed by atoms with Crippen molar-refractivity contribution in [2.45, 2.75) is 0 Å². The molecule has 1 radical (unpaired) electrons. The van der Waals surface area contributed by atoms with Gasteiger partial charge in [0.1, 0.15) is 0 Å². The van der Waals surface area contributed by atoms with Crippen LogP contribution in [-0.2, 0) is 0 Å². The minimum absolute atomic E-state index is 1.01. The molecule has 65 valence electrons. The molecule has 14 heavy (non-hydrogen) atoms. The SMILES string of the molecule is [c]1cc2c(ccc3ncccc32)cn1. The minimum Gasteiger partial charge on any atom is -0.256 e. The monoisotopic (exact) mass is 179 g/mol. The molecular formula is C12H7N2. The van der Waals surface area contributed by atoms with E-state index in [0.717, 1.165) is 21.7 Å². The van der Waals surface area contributed by atoms with E-state index in [9.17, 15) is 0 Å². The molecule has 0 bridgehead atoms. The number of pyridine rings is 2. The van der Waals surface area contributed by atoms with Gasteiger partial charge in [0.25, 0.3) is 0 Å². The van der Waals surface area contributed by atoms with Gasteiger partial charge in [-0.25, -0.2) is 0 Å². The Morgan fingerprint density at radius 2 is 2.07 bits per heavy atom. The molecule has 2 heteroatoms. The van der Waals surface area contributed by atoms with E-state index in [1.54, 1.807) is 6.20 Å². The normalized spacial score (nSPS) is 10.9. The van der Waals surface area contributed by atoms with Gasteiger partial charge in [-0.05, 0) is 23.6 Å². The summed E-state index contributed by atoms with van der Waals surface area (Å²) < 4.78 is 0. The Labute approximate surface area is 81.2 Å². The Bertz CT molecular complexity index is 547. The lowest BCUT2D eigenvalue weighted by molar-refractivity contribution is 1.35. The molecule has 0 amide bonds. The first-order valence-electron chi connectivity index (χ1n) is 4.45. The van der Waals surface area contributed by atoms with Gasteiger partial charge >= 0.3 is 0 Å². The highest BCUT2D eigenvalue weighted by atomic mass is 14.6. The van der Waals surface area contributed by atoms with Gasteiger partial charge in [-0.3, -0.25) is 9.97 Å². The Balaban J connectivity index is 2.61. The number of aromatic nitrogens is 2. The van der Waals surface area contributed by atoms with Crippen LogP contribution in [0.1, 0.15) is 0 Å². The summed E-state index contributed by atoms with van der Waals surface area (Å²) in [7, 11) is 0. The number of fused-ring (bicyclic) bond motifs is 3. The summed E-state index contributed by atoms with van der Waals surface area (Å²) in [6, 6.07) is 9.96. The van der Waals surface area contributed by atoms with Crippen LogP contribution in [0.15, 0.2) is 42.7 Å². The third-order valence-corrected chi connectivity index (χ3v) is 2.35. The predicted molar refractivity (Wildman–Crippen MR) is 55.9 cm³/mol. The summed E-state index contributed by atoms with van der Waals surface area (Å²) in [5.74, 6) is 0. The number of hydrogen-bond donors (Lipinski definition) is 0. The van der Waals surface area contributed by atoms with E-state index >= 15 is 0 Å². The summed E-state index contributed by atoms with van der Waals surface area (Å²) >= 11 is 0. The van der Waals surface area contributed by atoms with Gasteiger partial charge < -0.3 is 0 Å². The highest BCUT2D eigenvalue weighted by Gasteiger charge is 1.99. The van der Waals surface area contributed by atoms with E-state index in [0.29, 0.717) is 0 Å². The number of nitrogens with zero attached hydrogens (tertiary/aromatic N) is 2. The van der Waals surface area contributed by atoms with E-state index in [-0.39, 0.29) is 0 Å². The number of rotatable bonds is 0. The van der Waals surface area contributed by atoms with Crippen LogP contribution in [0.4, 0.5) is 0 Å². The first-order valence-corrected chi connectivity index (χ1v) is 4.45. The summed E-state index contributed by atoms with van der Waals surface area (Å²) in [6.45, 7) is 0. The van der Waals surface area contributed by atoms with Crippen molar-refractivity contribution >= 4 is 21.7 Å². The standard InChI is InChI=1S/C12H7N2/c1-2-11-10-5-7-13-8-9(10)3-4-12(11)14-6-1/h1-6,8H. The van der Waals surface area contributed by atoms with Crippen LogP contribution in [0.25, 0.3) is 21.7 Å². The molecule has 2 aromatic heterocycles. The summed E-state index contributed by atoms with van der Waals surface area (Å²) in [6.07, 6.45) is 6.48. The quantitative estimate of drug-likeness (QED) is 0.496. The van der Waals surface area contributed by atoms with Crippen molar-refractivity contribution < 1.29 is 0 Å². The Morgan fingerprint density at radius 1 is 1.07 bits per heavy atom. The maximum absolute atomic E-state index is 4.30. The molecule has 0 atom stereocenters. The van der Waals surface area contributed by atoms with Gasteiger partial charge in [-0.15, -0.1) is 0 Å². The molecule has 1 aromatic carbocycles. The molecule has 0 aliphatic carbocycles. The number of hydrogen-bond acceptors (Lipinski definition) is 2. The average Bonchev–Trinajstić information content (AvgIpc) is 2.29. The van der Waals surface area contributed by atoms with Crippen molar-refractivity contribution in [1.82, 2.24) is 9.97 Å². The molecule has 3 rings (SSSR count). The van der Waals surface area contributed by atoms with Crippen LogP contribution in [0, 0.1) is 6.20 Å². The van der Waals surface area contributed by atoms with Crippen molar-refractivity contribution in [3.8, 4) is 0 Å². The third kappa shape index (κ3) is 0.973. The lowest BCUT2D eigenvalue weighted by atomic mass is 10.1. The van der Waals surface area contributed by atoms with Crippen molar-refractivity contribution in [2.24, 2.45) is 0 Å². The molecule has 0 fully saturated rings. The molecule has 2 nitrogen and oxygen atoms in total. The van der Waals surface area contributed by atoms with Crippen molar-refractivity contribution in [3.63, 3.8) is 0 Å². The molecule has 0 spiro atoms. The number of benzene rings is 1. The summed E-state index contributed by atoms with van der Waals surface area (Å²) in [5.41, 5.74) is 1.01. The predicted octanol–water partition coefficient (Wildman–Crippen LogP) is 2.58. The second-order valence-electron chi connectivity index (χ2n) is 3.17. The smallest absolute Gasteiger partial charge is 0.0893 e. The summed E-state index contributed by atoms with van der Waals surface area (Å²) in [4.78, 5) is 8.27. The van der Waals surface area contributed by atoms with E-state index < -0.39 is 0 Å². The molecule has 2 heterocycles. The Kier molecular flexibility index (Phi) is 1.47. The molecule has 0 N–H and O–H groups in total. The lowest BCUT2D eigenvalue weighted by Gasteiger charge is -2.00. The molecule has 0 saturated heterocycles. The molecule has 0 unspecified atom stereocenters. The van der Waals surface area contributed by atoms with E-state index in [1.165, 1.54) is 0 Å². The fourth-order valence-electron chi connectivity index (χ4n) is 1.67. The maximum Gasteiger partial charge on any atom is 0.0893 e. The van der Waals surface area contributed by atoms with Crippen LogP contribution in [0.3, 0.4) is 0 Å². The highest BCUT2D eigenvalue weighted by Crippen LogP contribution is 2.22. The first-order chi connectivity index (χ1) is 6.95. The van der Waals surface area contributed by atoms with E-state index in [2.05, 4.69) is 22.2 Å². The Hall–Kier alpha value is -1.96. The zero-order chi connectivity index (χ0) is 9.38. The van der Waals surface area contributed by atoms with Crippen molar-refractivity contribution in [1.29, 1.82) is 0 Å². The zero-order valence-electron chi connectivity index (χ0n) is 7.44. The Morgan fingerprint density at radius 3 is 3.07 bits per heavy atom. The fourth-order valence-corrected chi connectivity index (χ4v) is 1.67. The molecule has 3 aromatic rings. The maximum atomic E-state index is 4.30. The van der Waals surface area contributed by atoms with Crippen LogP contribution in [0.5, 0.6) is 0 Å². The van der Waals surface area contributed by atoms with Gasteiger partial charge in [0, 0.05) is 23.2 Å². The minimum atomic E-state index is 1.01. The third-order valence-electron chi connectivity index (χ3n) is 2.35. The molecule has 0 saturated carbocycles. The second kappa shape index (κ2) is 2.77. The largest absolute Gasteiger partial charge is 0.256 e. The average molecular weight is 179 g/mol. The second-order valence-corrected chi connectivity index (χ2v) is 3.17. The molecule has 0 aliphatic rings. The zero-order valence-corrected chi connectivity index (χ0v) is 7.44. The topological polar surface area (TPSA) is 25.8 Å². The highest BCUT2D eigenvalue weighted by molar-refractivity contribution is 6.05. The van der Waals surface area contributed by atoms with Crippen LogP contribution >= 0.6 is 0 Å². The summed E-state index contributed by atoms with van der Waals surface area (Å²) in [5, 5.41) is 3.44. The fraction of sp³-hybridized carbons (Fsp3) is 0. The van der Waals surface area contributed by atoms with E-state index in [1.807, 2.05) is 30.5 Å². The van der Waals surface area contributed by atoms with Gasteiger partial charge in [-0.1, -0.05) is 12.1 Å². The van der Waals surface area contributed by atoms with Gasteiger partial charge in [0.2, 0.25) is 0 Å².